The van der Waals surface area contributed by atoms with Crippen LogP contribution in [-0.4, -0.2) is 61.5 Å². The first kappa shape index (κ1) is 19.3. The Hall–Kier alpha value is -1.03. The van der Waals surface area contributed by atoms with Crippen molar-refractivity contribution in [3.8, 4) is 0 Å². The summed E-state index contributed by atoms with van der Waals surface area (Å²) >= 11 is 0. The van der Waals surface area contributed by atoms with E-state index in [2.05, 4.69) is 0 Å². The van der Waals surface area contributed by atoms with Crippen LogP contribution in [0.15, 0.2) is 11.8 Å². The number of hydrogen-bond acceptors (Lipinski definition) is 8. The molecule has 0 saturated carbocycles. The number of allylic oxidation sites excluding steroid dienone is 1. The number of hydrogen-bond donors (Lipinski definition) is 0. The van der Waals surface area contributed by atoms with E-state index in [1.807, 2.05) is 34.6 Å². The second-order valence-electron chi connectivity index (χ2n) is 8.22. The number of fused-ring (bicyclic) bond motifs is 3. The molecular weight excluding hydrogens is 356 g/mol. The molecule has 8 heteroatoms. The molecule has 4 heterocycles. The van der Waals surface area contributed by atoms with E-state index in [0.717, 1.165) is 0 Å². The molecule has 27 heavy (non-hydrogen) atoms. The van der Waals surface area contributed by atoms with Gasteiger partial charge in [-0.2, -0.15) is 0 Å². The second-order valence-corrected chi connectivity index (χ2v) is 8.22. The van der Waals surface area contributed by atoms with Gasteiger partial charge in [-0.25, -0.2) is 0 Å². The van der Waals surface area contributed by atoms with Gasteiger partial charge in [0.25, 0.3) is 0 Å². The van der Waals surface area contributed by atoms with Crippen LogP contribution in [0.4, 0.5) is 0 Å². The largest absolute Gasteiger partial charge is 0.462 e. The lowest BCUT2D eigenvalue weighted by Gasteiger charge is -2.41. The Morgan fingerprint density at radius 2 is 1.67 bits per heavy atom. The summed E-state index contributed by atoms with van der Waals surface area (Å²) in [6, 6.07) is 0. The van der Waals surface area contributed by atoms with Crippen molar-refractivity contribution < 1.29 is 38.0 Å². The van der Waals surface area contributed by atoms with Crippen LogP contribution in [0.3, 0.4) is 0 Å². The first-order chi connectivity index (χ1) is 12.7. The van der Waals surface area contributed by atoms with E-state index in [-0.39, 0.29) is 36.1 Å². The molecule has 0 spiro atoms. The third-order valence-electron chi connectivity index (χ3n) is 5.19. The van der Waals surface area contributed by atoms with E-state index >= 15 is 0 Å². The summed E-state index contributed by atoms with van der Waals surface area (Å²) in [4.78, 5) is 11.3. The zero-order chi connectivity index (χ0) is 19.4. The predicted octanol–water partition coefficient (Wildman–Crippen LogP) is 1.86. The molecule has 4 rings (SSSR count). The van der Waals surface area contributed by atoms with Crippen LogP contribution in [0.5, 0.6) is 0 Å². The van der Waals surface area contributed by atoms with E-state index in [4.69, 9.17) is 33.2 Å². The Balaban J connectivity index is 1.62. The minimum atomic E-state index is -0.766. The molecule has 0 bridgehead atoms. The summed E-state index contributed by atoms with van der Waals surface area (Å²) in [5.74, 6) is -1.43. The summed E-state index contributed by atoms with van der Waals surface area (Å²) in [6.07, 6.45) is 0.514. The summed E-state index contributed by atoms with van der Waals surface area (Å²) in [7, 11) is 0. The molecule has 0 aromatic carbocycles. The van der Waals surface area contributed by atoms with Crippen molar-refractivity contribution in [3.63, 3.8) is 0 Å². The first-order valence-electron chi connectivity index (χ1n) is 9.53. The molecule has 7 atom stereocenters. The molecule has 0 N–H and O–H groups in total. The van der Waals surface area contributed by atoms with Crippen LogP contribution in [0.1, 0.15) is 41.0 Å². The average molecular weight is 384 g/mol. The molecule has 0 aromatic rings. The highest BCUT2D eigenvalue weighted by Gasteiger charge is 2.61. The quantitative estimate of drug-likeness (QED) is 0.680. The number of ether oxygens (including phenoxy) is 7. The van der Waals surface area contributed by atoms with Gasteiger partial charge in [0.1, 0.15) is 18.3 Å². The van der Waals surface area contributed by atoms with Crippen molar-refractivity contribution in [3.05, 3.63) is 11.8 Å². The molecule has 4 aliphatic heterocycles. The monoisotopic (exact) mass is 384 g/mol. The van der Waals surface area contributed by atoms with Crippen molar-refractivity contribution in [2.75, 3.05) is 6.61 Å². The van der Waals surface area contributed by atoms with Gasteiger partial charge in [-0.1, -0.05) is 0 Å². The molecule has 3 saturated heterocycles. The highest BCUT2D eigenvalue weighted by molar-refractivity contribution is 5.70. The number of carbonyl (C=O) groups is 1. The third-order valence-corrected chi connectivity index (χ3v) is 5.19. The standard InChI is InChI=1S/C19H28O8/c1-6-21-12-8-10(7-11(9-20)22-12)13-14-15(25-18(2,3)24-14)16-17(23-13)27-19(4,5)26-16/h7,9-10,12-17H,6,8H2,1-5H3/t10-,12+,13-,14+,15+,16-,17-/m1/s1. The fourth-order valence-corrected chi connectivity index (χ4v) is 4.31. The fraction of sp³-hybridized carbons (Fsp3) is 0.842. The summed E-state index contributed by atoms with van der Waals surface area (Å²) in [5.41, 5.74) is 0. The molecule has 0 aliphatic carbocycles. The normalized spacial score (nSPS) is 44.8. The third kappa shape index (κ3) is 3.66. The van der Waals surface area contributed by atoms with E-state index in [1.54, 1.807) is 6.08 Å². The second kappa shape index (κ2) is 6.79. The molecule has 0 aromatic heterocycles. The van der Waals surface area contributed by atoms with Crippen molar-refractivity contribution in [2.45, 2.75) is 89.6 Å². The van der Waals surface area contributed by atoms with Gasteiger partial charge >= 0.3 is 0 Å². The lowest BCUT2D eigenvalue weighted by Crippen LogP contribution is -2.57. The lowest BCUT2D eigenvalue weighted by molar-refractivity contribution is -0.248. The Labute approximate surface area is 159 Å². The molecule has 0 amide bonds. The van der Waals surface area contributed by atoms with Gasteiger partial charge in [0.2, 0.25) is 6.29 Å². The number of carbonyl (C=O) groups excluding carboxylic acids is 1. The lowest BCUT2D eigenvalue weighted by atomic mass is 9.86. The molecule has 8 nitrogen and oxygen atoms in total. The first-order valence-corrected chi connectivity index (χ1v) is 9.53. The maximum absolute atomic E-state index is 11.3. The van der Waals surface area contributed by atoms with E-state index in [9.17, 15) is 4.79 Å². The van der Waals surface area contributed by atoms with Crippen LogP contribution >= 0.6 is 0 Å². The van der Waals surface area contributed by atoms with E-state index < -0.39 is 24.2 Å². The van der Waals surface area contributed by atoms with Gasteiger partial charge in [-0.3, -0.25) is 4.79 Å². The zero-order valence-electron chi connectivity index (χ0n) is 16.4. The summed E-state index contributed by atoms with van der Waals surface area (Å²) in [6.45, 7) is 9.82. The highest BCUT2D eigenvalue weighted by atomic mass is 16.9. The average Bonchev–Trinajstić information content (AvgIpc) is 3.08. The van der Waals surface area contributed by atoms with Crippen molar-refractivity contribution in [1.82, 2.24) is 0 Å². The topological polar surface area (TPSA) is 81.7 Å². The van der Waals surface area contributed by atoms with Gasteiger partial charge in [0, 0.05) is 18.9 Å². The van der Waals surface area contributed by atoms with Gasteiger partial charge in [0.05, 0.1) is 6.10 Å². The van der Waals surface area contributed by atoms with Crippen molar-refractivity contribution >= 4 is 6.29 Å². The molecule has 152 valence electrons. The molecule has 3 fully saturated rings. The summed E-state index contributed by atoms with van der Waals surface area (Å²) in [5, 5.41) is 0. The van der Waals surface area contributed by atoms with Crippen molar-refractivity contribution in [2.24, 2.45) is 5.92 Å². The Morgan fingerprint density at radius 1 is 1.04 bits per heavy atom. The Bertz CT molecular complexity index is 615. The van der Waals surface area contributed by atoms with Gasteiger partial charge in [-0.15, -0.1) is 0 Å². The van der Waals surface area contributed by atoms with E-state index in [1.165, 1.54) is 0 Å². The molecular formula is C19H28O8. The maximum Gasteiger partial charge on any atom is 0.200 e. The number of aldehydes is 1. The molecule has 0 radical (unpaired) electrons. The zero-order valence-corrected chi connectivity index (χ0v) is 16.4. The van der Waals surface area contributed by atoms with Crippen LogP contribution in [-0.2, 0) is 38.0 Å². The van der Waals surface area contributed by atoms with Crippen LogP contribution in [0, 0.1) is 5.92 Å². The van der Waals surface area contributed by atoms with Gasteiger partial charge < -0.3 is 33.2 Å². The minimum Gasteiger partial charge on any atom is -0.462 e. The smallest absolute Gasteiger partial charge is 0.200 e. The van der Waals surface area contributed by atoms with Crippen molar-refractivity contribution in [1.29, 1.82) is 0 Å². The molecule has 4 aliphatic rings. The van der Waals surface area contributed by atoms with E-state index in [0.29, 0.717) is 19.3 Å². The Morgan fingerprint density at radius 3 is 2.33 bits per heavy atom. The van der Waals surface area contributed by atoms with Crippen LogP contribution in [0.2, 0.25) is 0 Å². The fourth-order valence-electron chi connectivity index (χ4n) is 4.31. The predicted molar refractivity (Wildman–Crippen MR) is 91.3 cm³/mol. The summed E-state index contributed by atoms with van der Waals surface area (Å²) < 4.78 is 41.7. The maximum atomic E-state index is 11.3. The van der Waals surface area contributed by atoms with Gasteiger partial charge in [0.15, 0.2) is 29.9 Å². The number of rotatable bonds is 4. The van der Waals surface area contributed by atoms with Crippen LogP contribution < -0.4 is 0 Å². The SMILES string of the molecule is CCO[C@@H]1C[C@H]([C@H]2O[C@@H]3OC(C)(C)O[C@@H]3[C@H]3OC(C)(C)O[C@H]32)C=C(C=O)O1. The molecule has 0 unspecified atom stereocenters. The van der Waals surface area contributed by atoms with Crippen LogP contribution in [0.25, 0.3) is 0 Å². The van der Waals surface area contributed by atoms with Gasteiger partial charge in [-0.05, 0) is 40.7 Å². The highest BCUT2D eigenvalue weighted by Crippen LogP contribution is 2.46. The Kier molecular flexibility index (Phi) is 4.85. The minimum absolute atomic E-state index is 0.145.